The Kier molecular flexibility index (Phi) is 2.00. The summed E-state index contributed by atoms with van der Waals surface area (Å²) in [5.41, 5.74) is 3.20. The van der Waals surface area contributed by atoms with Gasteiger partial charge in [-0.05, 0) is 20.8 Å². The predicted molar refractivity (Wildman–Crippen MR) is 42.3 cm³/mol. The van der Waals surface area contributed by atoms with E-state index >= 15 is 0 Å². The predicted octanol–water partition coefficient (Wildman–Crippen LogP) is 2.33. The van der Waals surface area contributed by atoms with Crippen molar-refractivity contribution in [3.05, 3.63) is 17.0 Å². The number of rotatable bonds is 1. The van der Waals surface area contributed by atoms with Gasteiger partial charge in [0.2, 0.25) is 0 Å². The second-order valence-electron chi connectivity index (χ2n) is 2.46. The van der Waals surface area contributed by atoms with E-state index in [2.05, 4.69) is 10.2 Å². The third-order valence-corrected chi connectivity index (χ3v) is 1.80. The Morgan fingerprint density at radius 3 is 2.30 bits per heavy atom. The minimum Gasteiger partial charge on any atom is -0.282 e. The molecular weight excluding hydrogens is 148 g/mol. The molecule has 2 nitrogen and oxygen atoms in total. The maximum atomic E-state index is 5.90. The van der Waals surface area contributed by atoms with Gasteiger partial charge >= 0.3 is 0 Å². The Labute approximate surface area is 65.6 Å². The summed E-state index contributed by atoms with van der Waals surface area (Å²) < 4.78 is 0. The number of hydrogen-bond acceptors (Lipinski definition) is 1. The van der Waals surface area contributed by atoms with Crippen LogP contribution < -0.4 is 0 Å². The van der Waals surface area contributed by atoms with E-state index in [0.717, 1.165) is 17.0 Å². The average Bonchev–Trinajstić information content (AvgIpc) is 2.11. The van der Waals surface area contributed by atoms with E-state index in [1.54, 1.807) is 0 Å². The van der Waals surface area contributed by atoms with E-state index in [0.29, 0.717) is 0 Å². The molecule has 0 radical (unpaired) electrons. The minimum absolute atomic E-state index is 0.0544. The van der Waals surface area contributed by atoms with Crippen molar-refractivity contribution < 1.29 is 0 Å². The molecule has 0 saturated carbocycles. The third-order valence-electron chi connectivity index (χ3n) is 1.58. The van der Waals surface area contributed by atoms with Crippen LogP contribution in [0, 0.1) is 13.8 Å². The van der Waals surface area contributed by atoms with Gasteiger partial charge in [-0.3, -0.25) is 5.10 Å². The number of nitrogens with zero attached hydrogens (tertiary/aromatic N) is 1. The molecule has 0 spiro atoms. The SMILES string of the molecule is Cc1n[nH]c(C)c1C(C)Cl. The van der Waals surface area contributed by atoms with E-state index < -0.39 is 0 Å². The smallest absolute Gasteiger partial charge is 0.0640 e. The lowest BCUT2D eigenvalue weighted by Gasteiger charge is -2.00. The van der Waals surface area contributed by atoms with Crippen LogP contribution in [0.3, 0.4) is 0 Å². The monoisotopic (exact) mass is 158 g/mol. The first-order chi connectivity index (χ1) is 4.63. The second-order valence-corrected chi connectivity index (χ2v) is 3.12. The van der Waals surface area contributed by atoms with Crippen molar-refractivity contribution in [3.63, 3.8) is 0 Å². The minimum atomic E-state index is 0.0544. The number of H-pyrrole nitrogens is 1. The normalized spacial score (nSPS) is 13.6. The van der Waals surface area contributed by atoms with Gasteiger partial charge in [-0.1, -0.05) is 0 Å². The zero-order valence-electron chi connectivity index (χ0n) is 6.40. The molecule has 0 aliphatic carbocycles. The summed E-state index contributed by atoms with van der Waals surface area (Å²) in [6.07, 6.45) is 0. The Hall–Kier alpha value is -0.500. The molecule has 10 heavy (non-hydrogen) atoms. The van der Waals surface area contributed by atoms with Crippen LogP contribution in [0.4, 0.5) is 0 Å². The van der Waals surface area contributed by atoms with Crippen molar-refractivity contribution in [2.75, 3.05) is 0 Å². The Morgan fingerprint density at radius 1 is 1.50 bits per heavy atom. The van der Waals surface area contributed by atoms with Crippen LogP contribution in [-0.2, 0) is 0 Å². The fourth-order valence-electron chi connectivity index (χ4n) is 1.15. The molecule has 0 aliphatic rings. The summed E-state index contributed by atoms with van der Waals surface area (Å²) in [5, 5.41) is 6.97. The zero-order chi connectivity index (χ0) is 7.72. The lowest BCUT2D eigenvalue weighted by molar-refractivity contribution is 1.02. The highest BCUT2D eigenvalue weighted by Gasteiger charge is 2.10. The highest BCUT2D eigenvalue weighted by molar-refractivity contribution is 6.20. The first-order valence-corrected chi connectivity index (χ1v) is 3.72. The number of halogens is 1. The molecule has 0 bridgehead atoms. The van der Waals surface area contributed by atoms with Gasteiger partial charge in [-0.15, -0.1) is 11.6 Å². The maximum absolute atomic E-state index is 5.90. The number of aromatic amines is 1. The second kappa shape index (κ2) is 2.62. The fourth-order valence-corrected chi connectivity index (χ4v) is 1.47. The lowest BCUT2D eigenvalue weighted by Crippen LogP contribution is -1.87. The Morgan fingerprint density at radius 2 is 2.10 bits per heavy atom. The largest absolute Gasteiger partial charge is 0.282 e. The summed E-state index contributed by atoms with van der Waals surface area (Å²) in [6.45, 7) is 5.89. The van der Waals surface area contributed by atoms with Crippen LogP contribution in [0.15, 0.2) is 0 Å². The quantitative estimate of drug-likeness (QED) is 0.625. The van der Waals surface area contributed by atoms with Crippen LogP contribution in [0.2, 0.25) is 0 Å². The van der Waals surface area contributed by atoms with Crippen molar-refractivity contribution in [1.29, 1.82) is 0 Å². The van der Waals surface area contributed by atoms with Gasteiger partial charge in [0.25, 0.3) is 0 Å². The molecule has 3 heteroatoms. The molecule has 0 aliphatic heterocycles. The van der Waals surface area contributed by atoms with Crippen molar-refractivity contribution in [2.24, 2.45) is 0 Å². The molecule has 0 fully saturated rings. The van der Waals surface area contributed by atoms with Gasteiger partial charge in [0.1, 0.15) is 0 Å². The van der Waals surface area contributed by atoms with Gasteiger partial charge in [0.15, 0.2) is 0 Å². The summed E-state index contributed by atoms with van der Waals surface area (Å²) >= 11 is 5.90. The summed E-state index contributed by atoms with van der Waals surface area (Å²) in [7, 11) is 0. The number of aryl methyl sites for hydroxylation is 2. The first-order valence-electron chi connectivity index (χ1n) is 3.28. The van der Waals surface area contributed by atoms with Crippen LogP contribution >= 0.6 is 11.6 Å². The average molecular weight is 159 g/mol. The van der Waals surface area contributed by atoms with Gasteiger partial charge in [0.05, 0.1) is 11.1 Å². The number of hydrogen-bond donors (Lipinski definition) is 1. The summed E-state index contributed by atoms with van der Waals surface area (Å²) in [4.78, 5) is 0. The fraction of sp³-hybridized carbons (Fsp3) is 0.571. The Bertz CT molecular complexity index is 208. The molecule has 1 unspecified atom stereocenters. The van der Waals surface area contributed by atoms with E-state index in [1.807, 2.05) is 20.8 Å². The molecule has 1 rings (SSSR count). The van der Waals surface area contributed by atoms with Crippen molar-refractivity contribution in [3.8, 4) is 0 Å². The van der Waals surface area contributed by atoms with Crippen molar-refractivity contribution in [1.82, 2.24) is 10.2 Å². The number of nitrogens with one attached hydrogen (secondary N) is 1. The third kappa shape index (κ3) is 1.16. The van der Waals surface area contributed by atoms with Crippen molar-refractivity contribution >= 4 is 11.6 Å². The number of aromatic nitrogens is 2. The summed E-state index contributed by atoms with van der Waals surface area (Å²) in [6, 6.07) is 0. The molecule has 0 saturated heterocycles. The van der Waals surface area contributed by atoms with Crippen LogP contribution in [0.5, 0.6) is 0 Å². The number of alkyl halides is 1. The van der Waals surface area contributed by atoms with E-state index in [9.17, 15) is 0 Å². The van der Waals surface area contributed by atoms with Gasteiger partial charge in [0, 0.05) is 11.3 Å². The Balaban J connectivity index is 3.10. The molecule has 1 aromatic heterocycles. The topological polar surface area (TPSA) is 28.7 Å². The van der Waals surface area contributed by atoms with Gasteiger partial charge in [-0.25, -0.2) is 0 Å². The molecule has 1 aromatic rings. The van der Waals surface area contributed by atoms with Gasteiger partial charge < -0.3 is 0 Å². The standard InChI is InChI=1S/C7H11ClN2/c1-4(8)7-5(2)9-10-6(7)3/h4H,1-3H3,(H,9,10). The molecule has 1 N–H and O–H groups in total. The van der Waals surface area contributed by atoms with E-state index in [1.165, 1.54) is 0 Å². The van der Waals surface area contributed by atoms with Crippen LogP contribution in [0.25, 0.3) is 0 Å². The highest BCUT2D eigenvalue weighted by atomic mass is 35.5. The van der Waals surface area contributed by atoms with Crippen molar-refractivity contribution in [2.45, 2.75) is 26.1 Å². The highest BCUT2D eigenvalue weighted by Crippen LogP contribution is 2.23. The zero-order valence-corrected chi connectivity index (χ0v) is 7.16. The van der Waals surface area contributed by atoms with Gasteiger partial charge in [-0.2, -0.15) is 5.10 Å². The van der Waals surface area contributed by atoms with Crippen LogP contribution in [0.1, 0.15) is 29.3 Å². The summed E-state index contributed by atoms with van der Waals surface area (Å²) in [5.74, 6) is 0. The van der Waals surface area contributed by atoms with E-state index in [4.69, 9.17) is 11.6 Å². The van der Waals surface area contributed by atoms with E-state index in [-0.39, 0.29) is 5.38 Å². The van der Waals surface area contributed by atoms with Crippen LogP contribution in [-0.4, -0.2) is 10.2 Å². The molecular formula is C7H11ClN2. The molecule has 0 aromatic carbocycles. The molecule has 1 heterocycles. The molecule has 0 amide bonds. The maximum Gasteiger partial charge on any atom is 0.0640 e. The molecule has 1 atom stereocenters. The molecule has 56 valence electrons. The first kappa shape index (κ1) is 7.61. The lowest BCUT2D eigenvalue weighted by atomic mass is 10.1.